The van der Waals surface area contributed by atoms with E-state index in [0.29, 0.717) is 18.8 Å². The SMILES string of the molecule is O=CNCc1cc(CCCCl)ccn1. The van der Waals surface area contributed by atoms with Crippen LogP contribution in [0.3, 0.4) is 0 Å². The van der Waals surface area contributed by atoms with Gasteiger partial charge in [0, 0.05) is 12.1 Å². The van der Waals surface area contributed by atoms with E-state index in [1.807, 2.05) is 12.1 Å². The number of nitrogens with one attached hydrogen (secondary N) is 1. The van der Waals surface area contributed by atoms with E-state index in [-0.39, 0.29) is 0 Å². The van der Waals surface area contributed by atoms with Crippen LogP contribution in [-0.4, -0.2) is 17.3 Å². The normalized spacial score (nSPS) is 9.79. The van der Waals surface area contributed by atoms with Crippen molar-refractivity contribution in [2.24, 2.45) is 0 Å². The van der Waals surface area contributed by atoms with Crippen molar-refractivity contribution in [3.63, 3.8) is 0 Å². The van der Waals surface area contributed by atoms with Gasteiger partial charge in [0.05, 0.1) is 12.2 Å². The van der Waals surface area contributed by atoms with Gasteiger partial charge in [-0.1, -0.05) is 0 Å². The Morgan fingerprint density at radius 1 is 1.57 bits per heavy atom. The van der Waals surface area contributed by atoms with Gasteiger partial charge in [0.1, 0.15) is 0 Å². The molecule has 0 saturated carbocycles. The number of halogens is 1. The van der Waals surface area contributed by atoms with Gasteiger partial charge in [-0.3, -0.25) is 9.78 Å². The highest BCUT2D eigenvalue weighted by atomic mass is 35.5. The first-order valence-corrected chi connectivity index (χ1v) is 5.07. The summed E-state index contributed by atoms with van der Waals surface area (Å²) in [6.45, 7) is 0.484. The van der Waals surface area contributed by atoms with Crippen molar-refractivity contribution >= 4 is 18.0 Å². The molecule has 1 amide bonds. The van der Waals surface area contributed by atoms with Crippen molar-refractivity contribution in [1.82, 2.24) is 10.3 Å². The molecule has 1 aromatic rings. The number of aromatic nitrogens is 1. The molecule has 1 aromatic heterocycles. The molecule has 3 nitrogen and oxygen atoms in total. The van der Waals surface area contributed by atoms with Gasteiger partial charge in [0.15, 0.2) is 0 Å². The predicted molar refractivity (Wildman–Crippen MR) is 56.2 cm³/mol. The molecule has 0 saturated heterocycles. The highest BCUT2D eigenvalue weighted by Crippen LogP contribution is 2.05. The van der Waals surface area contributed by atoms with Gasteiger partial charge in [-0.05, 0) is 30.5 Å². The summed E-state index contributed by atoms with van der Waals surface area (Å²) >= 11 is 5.60. The van der Waals surface area contributed by atoms with E-state index < -0.39 is 0 Å². The van der Waals surface area contributed by atoms with E-state index in [1.165, 1.54) is 5.56 Å². The summed E-state index contributed by atoms with van der Waals surface area (Å²) in [6, 6.07) is 3.96. The van der Waals surface area contributed by atoms with Crippen LogP contribution in [-0.2, 0) is 17.8 Å². The van der Waals surface area contributed by atoms with Crippen LogP contribution in [0.15, 0.2) is 18.3 Å². The zero-order valence-corrected chi connectivity index (χ0v) is 8.63. The molecule has 0 radical (unpaired) electrons. The number of carbonyl (C=O) groups is 1. The van der Waals surface area contributed by atoms with Crippen LogP contribution < -0.4 is 5.32 Å². The quantitative estimate of drug-likeness (QED) is 0.574. The summed E-state index contributed by atoms with van der Waals surface area (Å²) in [5.41, 5.74) is 2.09. The smallest absolute Gasteiger partial charge is 0.207 e. The lowest BCUT2D eigenvalue weighted by Crippen LogP contribution is -2.11. The van der Waals surface area contributed by atoms with E-state index in [9.17, 15) is 4.79 Å². The Bertz CT molecular complexity index is 291. The van der Waals surface area contributed by atoms with Gasteiger partial charge < -0.3 is 5.32 Å². The molecular weight excluding hydrogens is 200 g/mol. The zero-order chi connectivity index (χ0) is 10.2. The van der Waals surface area contributed by atoms with Crippen LogP contribution in [0.4, 0.5) is 0 Å². The Morgan fingerprint density at radius 2 is 2.43 bits per heavy atom. The molecule has 0 aliphatic carbocycles. The van der Waals surface area contributed by atoms with Crippen LogP contribution in [0.1, 0.15) is 17.7 Å². The third kappa shape index (κ3) is 3.75. The molecule has 14 heavy (non-hydrogen) atoms. The number of amides is 1. The molecule has 76 valence electrons. The van der Waals surface area contributed by atoms with Crippen molar-refractivity contribution in [3.05, 3.63) is 29.6 Å². The summed E-state index contributed by atoms with van der Waals surface area (Å²) < 4.78 is 0. The molecule has 1 heterocycles. The van der Waals surface area contributed by atoms with Gasteiger partial charge in [0.25, 0.3) is 0 Å². The molecule has 4 heteroatoms. The molecule has 0 spiro atoms. The van der Waals surface area contributed by atoms with Gasteiger partial charge in [-0.25, -0.2) is 0 Å². The molecule has 0 atom stereocenters. The number of pyridine rings is 1. The number of carbonyl (C=O) groups excluding carboxylic acids is 1. The second-order valence-electron chi connectivity index (χ2n) is 2.95. The molecule has 0 aliphatic heterocycles. The van der Waals surface area contributed by atoms with Gasteiger partial charge in [0.2, 0.25) is 6.41 Å². The topological polar surface area (TPSA) is 42.0 Å². The van der Waals surface area contributed by atoms with Gasteiger partial charge in [-0.2, -0.15) is 0 Å². The van der Waals surface area contributed by atoms with Gasteiger partial charge >= 0.3 is 0 Å². The minimum Gasteiger partial charge on any atom is -0.353 e. The standard InChI is InChI=1S/C10H13ClN2O/c11-4-1-2-9-3-5-13-10(6-9)7-12-8-14/h3,5-6,8H,1-2,4,7H2,(H,12,14). The largest absolute Gasteiger partial charge is 0.353 e. The Kier molecular flexibility index (Phi) is 5.00. The maximum absolute atomic E-state index is 10.1. The second-order valence-corrected chi connectivity index (χ2v) is 3.32. The highest BCUT2D eigenvalue weighted by Gasteiger charge is 1.96. The first kappa shape index (κ1) is 11.0. The molecule has 1 rings (SSSR count). The number of hydrogen-bond donors (Lipinski definition) is 1. The molecule has 0 bridgehead atoms. The van der Waals surface area contributed by atoms with Crippen molar-refractivity contribution in [3.8, 4) is 0 Å². The Labute approximate surface area is 88.5 Å². The molecule has 0 fully saturated rings. The van der Waals surface area contributed by atoms with E-state index in [0.717, 1.165) is 18.5 Å². The minimum atomic E-state index is 0.484. The number of rotatable bonds is 6. The van der Waals surface area contributed by atoms with E-state index in [2.05, 4.69) is 10.3 Å². The first-order valence-electron chi connectivity index (χ1n) is 4.53. The first-order chi connectivity index (χ1) is 6.86. The highest BCUT2D eigenvalue weighted by molar-refractivity contribution is 6.17. The van der Waals surface area contributed by atoms with Crippen LogP contribution in [0.2, 0.25) is 0 Å². The van der Waals surface area contributed by atoms with Crippen molar-refractivity contribution < 1.29 is 4.79 Å². The second kappa shape index (κ2) is 6.38. The number of aryl methyl sites for hydroxylation is 1. The maximum atomic E-state index is 10.1. The average molecular weight is 213 g/mol. The fourth-order valence-corrected chi connectivity index (χ4v) is 1.33. The average Bonchev–Trinajstić information content (AvgIpc) is 2.24. The lowest BCUT2D eigenvalue weighted by atomic mass is 10.1. The minimum absolute atomic E-state index is 0.484. The Balaban J connectivity index is 2.54. The lowest BCUT2D eigenvalue weighted by molar-refractivity contribution is -0.109. The van der Waals surface area contributed by atoms with E-state index in [1.54, 1.807) is 6.20 Å². The van der Waals surface area contributed by atoms with Gasteiger partial charge in [-0.15, -0.1) is 11.6 Å². The zero-order valence-electron chi connectivity index (χ0n) is 7.87. The monoisotopic (exact) mass is 212 g/mol. The third-order valence-electron chi connectivity index (χ3n) is 1.85. The lowest BCUT2D eigenvalue weighted by Gasteiger charge is -2.02. The summed E-state index contributed by atoms with van der Waals surface area (Å²) in [5, 5.41) is 2.58. The summed E-state index contributed by atoms with van der Waals surface area (Å²) in [6.07, 6.45) is 4.35. The van der Waals surface area contributed by atoms with Crippen LogP contribution >= 0.6 is 11.6 Å². The fourth-order valence-electron chi connectivity index (χ4n) is 1.20. The summed E-state index contributed by atoms with van der Waals surface area (Å²) in [7, 11) is 0. The Morgan fingerprint density at radius 3 is 3.14 bits per heavy atom. The maximum Gasteiger partial charge on any atom is 0.207 e. The summed E-state index contributed by atoms with van der Waals surface area (Å²) in [5.74, 6) is 0.671. The molecule has 0 unspecified atom stereocenters. The molecular formula is C10H13ClN2O. The van der Waals surface area contributed by atoms with Crippen molar-refractivity contribution in [2.75, 3.05) is 5.88 Å². The molecule has 0 aromatic carbocycles. The van der Waals surface area contributed by atoms with E-state index in [4.69, 9.17) is 11.6 Å². The third-order valence-corrected chi connectivity index (χ3v) is 2.11. The summed E-state index contributed by atoms with van der Waals surface area (Å²) in [4.78, 5) is 14.2. The number of nitrogens with zero attached hydrogens (tertiary/aromatic N) is 1. The van der Waals surface area contributed by atoms with Crippen LogP contribution in [0.25, 0.3) is 0 Å². The molecule has 0 aliphatic rings. The van der Waals surface area contributed by atoms with E-state index >= 15 is 0 Å². The van der Waals surface area contributed by atoms with Crippen molar-refractivity contribution in [1.29, 1.82) is 0 Å². The van der Waals surface area contributed by atoms with Crippen LogP contribution in [0.5, 0.6) is 0 Å². The fraction of sp³-hybridized carbons (Fsp3) is 0.400. The van der Waals surface area contributed by atoms with Crippen molar-refractivity contribution in [2.45, 2.75) is 19.4 Å². The Hall–Kier alpha value is -1.09. The predicted octanol–water partition coefficient (Wildman–Crippen LogP) is 1.50. The van der Waals surface area contributed by atoms with Crippen LogP contribution in [0, 0.1) is 0 Å². The number of hydrogen-bond acceptors (Lipinski definition) is 2. The number of alkyl halides is 1. The molecule has 1 N–H and O–H groups in total.